The molecule has 0 saturated carbocycles. The van der Waals surface area contributed by atoms with E-state index in [9.17, 15) is 4.39 Å². The van der Waals surface area contributed by atoms with Crippen LogP contribution in [-0.2, 0) is 0 Å². The fourth-order valence-corrected chi connectivity index (χ4v) is 1.41. The van der Waals surface area contributed by atoms with Crippen LogP contribution in [0.5, 0.6) is 0 Å². The second kappa shape index (κ2) is 4.39. The summed E-state index contributed by atoms with van der Waals surface area (Å²) < 4.78 is 13.0. The van der Waals surface area contributed by atoms with Crippen LogP contribution in [0.4, 0.5) is 4.39 Å². The van der Waals surface area contributed by atoms with E-state index in [1.165, 1.54) is 0 Å². The molecule has 0 spiro atoms. The summed E-state index contributed by atoms with van der Waals surface area (Å²) in [4.78, 5) is 3.90. The molecule has 0 aliphatic heterocycles. The van der Waals surface area contributed by atoms with Crippen LogP contribution in [0.2, 0.25) is 5.02 Å². The Labute approximate surface area is 87.3 Å². The van der Waals surface area contributed by atoms with E-state index in [0.29, 0.717) is 17.7 Å². The van der Waals surface area contributed by atoms with Crippen molar-refractivity contribution in [2.75, 3.05) is 0 Å². The van der Waals surface area contributed by atoms with Gasteiger partial charge in [0.15, 0.2) is 5.82 Å². The molecule has 4 heteroatoms. The zero-order valence-electron chi connectivity index (χ0n) is 8.01. The van der Waals surface area contributed by atoms with Crippen molar-refractivity contribution in [3.05, 3.63) is 28.3 Å². The number of aromatic nitrogens is 1. The molecule has 1 aromatic heterocycles. The van der Waals surface area contributed by atoms with Gasteiger partial charge in [0, 0.05) is 0 Å². The third-order valence-corrected chi connectivity index (χ3v) is 2.60. The van der Waals surface area contributed by atoms with E-state index in [-0.39, 0.29) is 10.9 Å². The predicted molar refractivity (Wildman–Crippen MR) is 52.6 cm³/mol. The van der Waals surface area contributed by atoms with E-state index in [1.54, 1.807) is 6.92 Å². The Kier molecular flexibility index (Phi) is 3.43. The maximum atomic E-state index is 13.0. The van der Waals surface area contributed by atoms with Gasteiger partial charge in [0.1, 0.15) is 0 Å². The lowest BCUT2D eigenvalue weighted by molar-refractivity contribution is 0.615. The molecule has 0 saturated heterocycles. The number of hydrogen-bond acceptors (Lipinski definition) is 2. The van der Waals surface area contributed by atoms with E-state index >= 15 is 0 Å². The van der Waals surface area contributed by atoms with Crippen LogP contribution in [0, 0.1) is 24.1 Å². The standard InChI is InChI=1S/C10H10ClFN2/c1-3-7(4-13)10-6(2)9(11)8(12)5-14-10/h5,7H,3H2,1-2H3. The van der Waals surface area contributed by atoms with Gasteiger partial charge in [-0.25, -0.2) is 4.39 Å². The molecule has 0 amide bonds. The van der Waals surface area contributed by atoms with Crippen molar-refractivity contribution in [1.29, 1.82) is 5.26 Å². The normalized spacial score (nSPS) is 12.2. The Balaban J connectivity index is 3.24. The highest BCUT2D eigenvalue weighted by Crippen LogP contribution is 2.26. The summed E-state index contributed by atoms with van der Waals surface area (Å²) in [6, 6.07) is 2.11. The maximum absolute atomic E-state index is 13.0. The Morgan fingerprint density at radius 3 is 2.86 bits per heavy atom. The van der Waals surface area contributed by atoms with Crippen molar-refractivity contribution in [2.45, 2.75) is 26.2 Å². The summed E-state index contributed by atoms with van der Waals surface area (Å²) in [6.07, 6.45) is 1.71. The number of halogens is 2. The van der Waals surface area contributed by atoms with Crippen LogP contribution in [0.25, 0.3) is 0 Å². The molecule has 1 atom stereocenters. The maximum Gasteiger partial charge on any atom is 0.160 e. The lowest BCUT2D eigenvalue weighted by Crippen LogP contribution is -2.02. The number of nitriles is 1. The van der Waals surface area contributed by atoms with Crippen molar-refractivity contribution in [3.8, 4) is 6.07 Å². The van der Waals surface area contributed by atoms with Gasteiger partial charge in [-0.3, -0.25) is 4.98 Å². The SMILES string of the molecule is CCC(C#N)c1ncc(F)c(Cl)c1C. The van der Waals surface area contributed by atoms with E-state index in [2.05, 4.69) is 11.1 Å². The molecule has 0 aliphatic carbocycles. The van der Waals surface area contributed by atoms with E-state index in [0.717, 1.165) is 6.20 Å². The van der Waals surface area contributed by atoms with Gasteiger partial charge >= 0.3 is 0 Å². The van der Waals surface area contributed by atoms with Crippen LogP contribution >= 0.6 is 11.6 Å². The summed E-state index contributed by atoms with van der Waals surface area (Å²) in [5, 5.41) is 8.90. The minimum atomic E-state index is -0.541. The molecule has 2 nitrogen and oxygen atoms in total. The summed E-state index contributed by atoms with van der Waals surface area (Å²) in [7, 11) is 0. The Morgan fingerprint density at radius 1 is 1.71 bits per heavy atom. The van der Waals surface area contributed by atoms with Crippen LogP contribution in [-0.4, -0.2) is 4.98 Å². The smallest absolute Gasteiger partial charge is 0.160 e. The van der Waals surface area contributed by atoms with E-state index in [4.69, 9.17) is 16.9 Å². The molecule has 0 aromatic carbocycles. The molecular formula is C10H10ClFN2. The zero-order valence-corrected chi connectivity index (χ0v) is 8.77. The molecule has 0 bridgehead atoms. The van der Waals surface area contributed by atoms with Gasteiger partial charge in [-0.1, -0.05) is 18.5 Å². The average molecular weight is 213 g/mol. The Hall–Kier alpha value is -1.14. The second-order valence-electron chi connectivity index (χ2n) is 3.02. The minimum absolute atomic E-state index is 0.0590. The van der Waals surface area contributed by atoms with Crippen LogP contribution in [0.15, 0.2) is 6.20 Å². The molecule has 1 unspecified atom stereocenters. The number of nitrogens with zero attached hydrogens (tertiary/aromatic N) is 2. The first-order valence-electron chi connectivity index (χ1n) is 4.31. The van der Waals surface area contributed by atoms with Crippen LogP contribution in [0.1, 0.15) is 30.5 Å². The summed E-state index contributed by atoms with van der Waals surface area (Å²) in [6.45, 7) is 3.56. The highest BCUT2D eigenvalue weighted by atomic mass is 35.5. The molecule has 74 valence electrons. The number of hydrogen-bond donors (Lipinski definition) is 0. The Bertz CT molecular complexity index is 384. The van der Waals surface area contributed by atoms with Crippen LogP contribution < -0.4 is 0 Å². The number of pyridine rings is 1. The molecule has 0 fully saturated rings. The van der Waals surface area contributed by atoms with E-state index in [1.807, 2.05) is 6.92 Å². The molecule has 1 heterocycles. The molecule has 0 N–H and O–H groups in total. The molecule has 0 radical (unpaired) electrons. The van der Waals surface area contributed by atoms with Gasteiger partial charge < -0.3 is 0 Å². The van der Waals surface area contributed by atoms with Gasteiger partial charge in [0.05, 0.1) is 28.9 Å². The van der Waals surface area contributed by atoms with Crippen molar-refractivity contribution in [2.24, 2.45) is 0 Å². The quantitative estimate of drug-likeness (QED) is 0.755. The fourth-order valence-electron chi connectivity index (χ4n) is 1.27. The monoisotopic (exact) mass is 212 g/mol. The molecule has 14 heavy (non-hydrogen) atoms. The van der Waals surface area contributed by atoms with Gasteiger partial charge in [-0.15, -0.1) is 0 Å². The molecular weight excluding hydrogens is 203 g/mol. The predicted octanol–water partition coefficient (Wildman–Crippen LogP) is 3.20. The van der Waals surface area contributed by atoms with Gasteiger partial charge in [0.25, 0.3) is 0 Å². The number of rotatable bonds is 2. The first-order valence-corrected chi connectivity index (χ1v) is 4.69. The summed E-state index contributed by atoms with van der Waals surface area (Å²) in [5.41, 5.74) is 1.13. The van der Waals surface area contributed by atoms with Crippen molar-refractivity contribution >= 4 is 11.6 Å². The molecule has 1 rings (SSSR count). The zero-order chi connectivity index (χ0) is 10.7. The lowest BCUT2D eigenvalue weighted by Gasteiger charge is -2.10. The minimum Gasteiger partial charge on any atom is -0.256 e. The van der Waals surface area contributed by atoms with Gasteiger partial charge in [-0.2, -0.15) is 5.26 Å². The first kappa shape index (κ1) is 10.9. The molecule has 1 aromatic rings. The van der Waals surface area contributed by atoms with E-state index < -0.39 is 5.82 Å². The van der Waals surface area contributed by atoms with Crippen molar-refractivity contribution in [3.63, 3.8) is 0 Å². The molecule has 0 aliphatic rings. The third kappa shape index (κ3) is 1.85. The topological polar surface area (TPSA) is 36.7 Å². The second-order valence-corrected chi connectivity index (χ2v) is 3.40. The highest BCUT2D eigenvalue weighted by Gasteiger charge is 2.16. The average Bonchev–Trinajstić information content (AvgIpc) is 2.19. The lowest BCUT2D eigenvalue weighted by atomic mass is 10.00. The Morgan fingerprint density at radius 2 is 2.36 bits per heavy atom. The summed E-state index contributed by atoms with van der Waals surface area (Å²) in [5.74, 6) is -0.853. The van der Waals surface area contributed by atoms with Gasteiger partial charge in [-0.05, 0) is 18.9 Å². The van der Waals surface area contributed by atoms with Gasteiger partial charge in [0.2, 0.25) is 0 Å². The largest absolute Gasteiger partial charge is 0.256 e. The first-order chi connectivity index (χ1) is 6.61. The van der Waals surface area contributed by atoms with Crippen molar-refractivity contribution < 1.29 is 4.39 Å². The summed E-state index contributed by atoms with van der Waals surface area (Å²) >= 11 is 5.72. The fraction of sp³-hybridized carbons (Fsp3) is 0.400. The van der Waals surface area contributed by atoms with Crippen LogP contribution in [0.3, 0.4) is 0 Å². The highest BCUT2D eigenvalue weighted by molar-refractivity contribution is 6.31. The van der Waals surface area contributed by atoms with Crippen molar-refractivity contribution in [1.82, 2.24) is 4.98 Å². The third-order valence-electron chi connectivity index (χ3n) is 2.13.